The summed E-state index contributed by atoms with van der Waals surface area (Å²) in [7, 11) is 2.04. The van der Waals surface area contributed by atoms with Gasteiger partial charge >= 0.3 is 13.6 Å². The fraction of sp³-hybridized carbons (Fsp3) is 0.357. The summed E-state index contributed by atoms with van der Waals surface area (Å²) in [5.74, 6) is -0.0129. The molecule has 0 saturated carbocycles. The Balaban J connectivity index is 3.30. The second-order valence-electron chi connectivity index (χ2n) is 4.03. The second kappa shape index (κ2) is 7.98. The van der Waals surface area contributed by atoms with E-state index >= 15 is 0 Å². The highest BCUT2D eigenvalue weighted by Gasteiger charge is 2.25. The number of rotatable bonds is 7. The number of carbonyl (C=O) groups is 1. The SMILES string of the molecule is COC(=O)/C=C(\CP(=O)(OC)OC)c1ccccc1OC. The van der Waals surface area contributed by atoms with E-state index in [9.17, 15) is 9.36 Å². The number of benzene rings is 1. The zero-order valence-electron chi connectivity index (χ0n) is 12.5. The molecule has 0 saturated heterocycles. The van der Waals surface area contributed by atoms with Crippen LogP contribution in [0.5, 0.6) is 5.75 Å². The van der Waals surface area contributed by atoms with Crippen molar-refractivity contribution < 1.29 is 27.9 Å². The molecule has 0 heterocycles. The summed E-state index contributed by atoms with van der Waals surface area (Å²) in [5.41, 5.74) is 1.08. The number of allylic oxidation sites excluding steroid dienone is 1. The molecule has 1 aromatic rings. The Morgan fingerprint density at radius 1 is 1.14 bits per heavy atom. The van der Waals surface area contributed by atoms with Crippen molar-refractivity contribution in [1.82, 2.24) is 0 Å². The molecule has 0 radical (unpaired) electrons. The smallest absolute Gasteiger partial charge is 0.334 e. The van der Waals surface area contributed by atoms with Crippen molar-refractivity contribution in [2.45, 2.75) is 0 Å². The molecule has 0 aromatic heterocycles. The Bertz CT molecular complexity index is 558. The second-order valence-corrected chi connectivity index (χ2v) is 6.30. The van der Waals surface area contributed by atoms with Gasteiger partial charge in [-0.05, 0) is 11.6 Å². The molecule has 0 unspecified atom stereocenters. The molecule has 7 heteroatoms. The lowest BCUT2D eigenvalue weighted by Gasteiger charge is -2.17. The number of carbonyl (C=O) groups excluding carboxylic acids is 1. The minimum Gasteiger partial charge on any atom is -0.496 e. The molecule has 0 bridgehead atoms. The van der Waals surface area contributed by atoms with Gasteiger partial charge in [-0.25, -0.2) is 4.79 Å². The van der Waals surface area contributed by atoms with E-state index in [2.05, 4.69) is 4.74 Å². The van der Waals surface area contributed by atoms with Crippen molar-refractivity contribution in [3.8, 4) is 5.75 Å². The van der Waals surface area contributed by atoms with Crippen LogP contribution in [0.2, 0.25) is 0 Å². The molecule has 0 fully saturated rings. The summed E-state index contributed by atoms with van der Waals surface area (Å²) < 4.78 is 32.1. The monoisotopic (exact) mass is 314 g/mol. The van der Waals surface area contributed by atoms with Gasteiger partial charge in [0.05, 0.1) is 20.4 Å². The first-order chi connectivity index (χ1) is 9.99. The van der Waals surface area contributed by atoms with Crippen LogP contribution in [0.1, 0.15) is 5.56 Å². The molecule has 6 nitrogen and oxygen atoms in total. The van der Waals surface area contributed by atoms with Crippen LogP contribution in [0.3, 0.4) is 0 Å². The Hall–Kier alpha value is -1.62. The van der Waals surface area contributed by atoms with Crippen LogP contribution in [-0.2, 0) is 23.1 Å². The lowest BCUT2D eigenvalue weighted by molar-refractivity contribution is -0.134. The molecular formula is C14H19O6P. The van der Waals surface area contributed by atoms with E-state index in [1.807, 2.05) is 0 Å². The van der Waals surface area contributed by atoms with Gasteiger partial charge in [-0.2, -0.15) is 0 Å². The minimum atomic E-state index is -3.33. The number of hydrogen-bond donors (Lipinski definition) is 0. The highest BCUT2D eigenvalue weighted by Crippen LogP contribution is 2.50. The van der Waals surface area contributed by atoms with Gasteiger partial charge in [-0.15, -0.1) is 0 Å². The summed E-state index contributed by atoms with van der Waals surface area (Å²) >= 11 is 0. The maximum Gasteiger partial charge on any atom is 0.334 e. The number of esters is 1. The number of para-hydroxylation sites is 1. The molecular weight excluding hydrogens is 295 g/mol. The van der Waals surface area contributed by atoms with E-state index in [0.29, 0.717) is 16.9 Å². The van der Waals surface area contributed by atoms with Crippen LogP contribution in [-0.4, -0.2) is 40.6 Å². The summed E-state index contributed by atoms with van der Waals surface area (Å²) in [6, 6.07) is 7.08. The zero-order valence-corrected chi connectivity index (χ0v) is 13.4. The first-order valence-corrected chi connectivity index (χ1v) is 7.85. The van der Waals surface area contributed by atoms with E-state index in [0.717, 1.165) is 0 Å². The van der Waals surface area contributed by atoms with Gasteiger partial charge < -0.3 is 18.5 Å². The zero-order chi connectivity index (χ0) is 15.9. The average Bonchev–Trinajstić information content (AvgIpc) is 2.53. The maximum atomic E-state index is 12.3. The van der Waals surface area contributed by atoms with Crippen molar-refractivity contribution in [2.24, 2.45) is 0 Å². The van der Waals surface area contributed by atoms with Crippen molar-refractivity contribution in [3.63, 3.8) is 0 Å². The third-order valence-electron chi connectivity index (χ3n) is 2.87. The van der Waals surface area contributed by atoms with Crippen molar-refractivity contribution >= 4 is 19.1 Å². The largest absolute Gasteiger partial charge is 0.496 e. The molecule has 0 spiro atoms. The fourth-order valence-electron chi connectivity index (χ4n) is 1.73. The van der Waals surface area contributed by atoms with Crippen molar-refractivity contribution in [1.29, 1.82) is 0 Å². The van der Waals surface area contributed by atoms with Gasteiger partial charge in [0.15, 0.2) is 0 Å². The fourth-order valence-corrected chi connectivity index (χ4v) is 2.82. The van der Waals surface area contributed by atoms with E-state index in [4.69, 9.17) is 13.8 Å². The molecule has 0 N–H and O–H groups in total. The van der Waals surface area contributed by atoms with Gasteiger partial charge in [0.2, 0.25) is 0 Å². The standard InChI is InChI=1S/C14H19O6P/c1-17-13-8-6-5-7-12(13)11(9-14(15)18-2)10-21(16,19-3)20-4/h5-9H,10H2,1-4H3/b11-9+. The van der Waals surface area contributed by atoms with E-state index < -0.39 is 13.6 Å². The van der Waals surface area contributed by atoms with Crippen molar-refractivity contribution in [3.05, 3.63) is 35.9 Å². The average molecular weight is 314 g/mol. The molecule has 0 aliphatic heterocycles. The predicted octanol–water partition coefficient (Wildman–Crippen LogP) is 2.74. The van der Waals surface area contributed by atoms with Gasteiger partial charge in [0, 0.05) is 25.9 Å². The maximum absolute atomic E-state index is 12.3. The molecule has 0 amide bonds. The van der Waals surface area contributed by atoms with Gasteiger partial charge in [0.25, 0.3) is 0 Å². The third-order valence-corrected chi connectivity index (χ3v) is 4.71. The van der Waals surface area contributed by atoms with Crippen LogP contribution in [0.25, 0.3) is 5.57 Å². The molecule has 1 rings (SSSR count). The van der Waals surface area contributed by atoms with Gasteiger partial charge in [-0.3, -0.25) is 4.57 Å². The number of ether oxygens (including phenoxy) is 2. The van der Waals surface area contributed by atoms with Crippen molar-refractivity contribution in [2.75, 3.05) is 34.6 Å². The summed E-state index contributed by atoms with van der Waals surface area (Å²) in [6.07, 6.45) is 1.18. The lowest BCUT2D eigenvalue weighted by atomic mass is 10.1. The van der Waals surface area contributed by atoms with Crippen LogP contribution < -0.4 is 4.74 Å². The predicted molar refractivity (Wildman–Crippen MR) is 79.5 cm³/mol. The quantitative estimate of drug-likeness (QED) is 0.438. The first kappa shape index (κ1) is 17.4. The van der Waals surface area contributed by atoms with Gasteiger partial charge in [0.1, 0.15) is 5.75 Å². The highest BCUT2D eigenvalue weighted by atomic mass is 31.2. The minimum absolute atomic E-state index is 0.0739. The number of methoxy groups -OCH3 is 2. The molecule has 1 aromatic carbocycles. The third kappa shape index (κ3) is 4.70. The molecule has 0 aliphatic rings. The van der Waals surface area contributed by atoms with Gasteiger partial charge in [-0.1, -0.05) is 18.2 Å². The topological polar surface area (TPSA) is 71.1 Å². The Morgan fingerprint density at radius 2 is 1.76 bits per heavy atom. The van der Waals surface area contributed by atoms with E-state index in [-0.39, 0.29) is 6.16 Å². The lowest BCUT2D eigenvalue weighted by Crippen LogP contribution is -2.04. The Kier molecular flexibility index (Phi) is 6.62. The van der Waals surface area contributed by atoms with E-state index in [1.54, 1.807) is 24.3 Å². The number of hydrogen-bond acceptors (Lipinski definition) is 6. The van der Waals surface area contributed by atoms with Crippen LogP contribution in [0.15, 0.2) is 30.3 Å². The van der Waals surface area contributed by atoms with Crippen LogP contribution in [0, 0.1) is 0 Å². The summed E-state index contributed by atoms with van der Waals surface area (Å²) in [4.78, 5) is 11.5. The Morgan fingerprint density at radius 3 is 2.29 bits per heavy atom. The molecule has 21 heavy (non-hydrogen) atoms. The normalized spacial score (nSPS) is 12.1. The molecule has 0 atom stereocenters. The highest BCUT2D eigenvalue weighted by molar-refractivity contribution is 7.54. The Labute approximate surface area is 124 Å². The first-order valence-electron chi connectivity index (χ1n) is 6.12. The molecule has 116 valence electrons. The molecule has 0 aliphatic carbocycles. The van der Waals surface area contributed by atoms with Crippen LogP contribution >= 0.6 is 7.60 Å². The summed E-state index contributed by atoms with van der Waals surface area (Å²) in [5, 5.41) is 0. The summed E-state index contributed by atoms with van der Waals surface area (Å²) in [6.45, 7) is 0. The van der Waals surface area contributed by atoms with E-state index in [1.165, 1.54) is 34.5 Å². The van der Waals surface area contributed by atoms with Crippen LogP contribution in [0.4, 0.5) is 0 Å².